The largest absolute Gasteiger partial charge is 0.305 e. The van der Waals surface area contributed by atoms with E-state index < -0.39 is 10.8 Å². The Hall–Kier alpha value is -2.47. The van der Waals surface area contributed by atoms with Gasteiger partial charge in [0.25, 0.3) is 11.6 Å². The molecule has 0 fully saturated rings. The minimum absolute atomic E-state index is 0.0339. The number of amides is 1. The number of hydrogen-bond acceptors (Lipinski definition) is 3. The number of anilines is 1. The Morgan fingerprint density at radius 2 is 2.08 bits per heavy atom. The standard InChI is InChI=1S/C17H14ClFN2O3/c1-10-2-3-11-8-13(19)5-7-15(11)20(10)17(22)14-6-4-12(18)9-16(14)21(23)24/h4-10H,2-3H2,1H3. The van der Waals surface area contributed by atoms with Crippen LogP contribution in [0, 0.1) is 15.9 Å². The number of nitro benzene ring substituents is 1. The summed E-state index contributed by atoms with van der Waals surface area (Å²) in [6.07, 6.45) is 1.31. The molecule has 0 radical (unpaired) electrons. The monoisotopic (exact) mass is 348 g/mol. The molecule has 1 atom stereocenters. The predicted octanol–water partition coefficient (Wildman–Crippen LogP) is 4.37. The second-order valence-electron chi connectivity index (χ2n) is 5.75. The zero-order chi connectivity index (χ0) is 17.4. The molecule has 1 unspecified atom stereocenters. The van der Waals surface area contributed by atoms with E-state index in [1.165, 1.54) is 29.2 Å². The number of aryl methyl sites for hydroxylation is 1. The molecular formula is C17H14ClFN2O3. The van der Waals surface area contributed by atoms with Crippen molar-refractivity contribution in [2.75, 3.05) is 4.90 Å². The van der Waals surface area contributed by atoms with Gasteiger partial charge in [-0.3, -0.25) is 14.9 Å². The maximum Gasteiger partial charge on any atom is 0.283 e. The minimum atomic E-state index is -0.626. The number of rotatable bonds is 2. The van der Waals surface area contributed by atoms with E-state index in [4.69, 9.17) is 11.6 Å². The molecule has 1 amide bonds. The van der Waals surface area contributed by atoms with E-state index in [0.29, 0.717) is 18.5 Å². The fraction of sp³-hybridized carbons (Fsp3) is 0.235. The van der Waals surface area contributed by atoms with Gasteiger partial charge in [-0.05, 0) is 55.7 Å². The molecule has 0 aliphatic carbocycles. The first-order valence-corrected chi connectivity index (χ1v) is 7.82. The summed E-state index contributed by atoms with van der Waals surface area (Å²) in [5, 5.41) is 11.4. The van der Waals surface area contributed by atoms with Gasteiger partial charge >= 0.3 is 0 Å². The summed E-state index contributed by atoms with van der Waals surface area (Å²) in [6.45, 7) is 1.87. The Labute approximate surface area is 142 Å². The third-order valence-electron chi connectivity index (χ3n) is 4.18. The lowest BCUT2D eigenvalue weighted by Gasteiger charge is -2.35. The number of nitrogens with zero attached hydrogens (tertiary/aromatic N) is 2. The number of carbonyl (C=O) groups excluding carboxylic acids is 1. The van der Waals surface area contributed by atoms with Gasteiger partial charge < -0.3 is 4.90 Å². The highest BCUT2D eigenvalue weighted by Crippen LogP contribution is 2.34. The van der Waals surface area contributed by atoms with Gasteiger partial charge in [0.2, 0.25) is 0 Å². The molecular weight excluding hydrogens is 335 g/mol. The summed E-state index contributed by atoms with van der Waals surface area (Å²) in [6, 6.07) is 8.04. The van der Waals surface area contributed by atoms with Crippen LogP contribution in [0.15, 0.2) is 36.4 Å². The molecule has 0 N–H and O–H groups in total. The van der Waals surface area contributed by atoms with Crippen LogP contribution in [0.5, 0.6) is 0 Å². The van der Waals surface area contributed by atoms with Crippen molar-refractivity contribution in [1.29, 1.82) is 0 Å². The van der Waals surface area contributed by atoms with Crippen LogP contribution in [0.2, 0.25) is 5.02 Å². The molecule has 7 heteroatoms. The Kier molecular flexibility index (Phi) is 4.24. The summed E-state index contributed by atoms with van der Waals surface area (Å²) >= 11 is 5.81. The maximum absolute atomic E-state index is 13.4. The van der Waals surface area contributed by atoms with Gasteiger partial charge in [-0.2, -0.15) is 0 Å². The van der Waals surface area contributed by atoms with E-state index >= 15 is 0 Å². The molecule has 0 spiro atoms. The van der Waals surface area contributed by atoms with E-state index in [0.717, 1.165) is 11.6 Å². The fourth-order valence-electron chi connectivity index (χ4n) is 3.00. The average molecular weight is 349 g/mol. The Morgan fingerprint density at radius 1 is 1.33 bits per heavy atom. The molecule has 1 aliphatic heterocycles. The van der Waals surface area contributed by atoms with Crippen LogP contribution in [-0.4, -0.2) is 16.9 Å². The van der Waals surface area contributed by atoms with E-state index in [9.17, 15) is 19.3 Å². The highest BCUT2D eigenvalue weighted by Gasteiger charge is 2.32. The van der Waals surface area contributed by atoms with Crippen molar-refractivity contribution in [1.82, 2.24) is 0 Å². The minimum Gasteiger partial charge on any atom is -0.305 e. The SMILES string of the molecule is CC1CCc2cc(F)ccc2N1C(=O)c1ccc(Cl)cc1[N+](=O)[O-]. The van der Waals surface area contributed by atoms with Gasteiger partial charge in [0.1, 0.15) is 11.4 Å². The summed E-state index contributed by atoms with van der Waals surface area (Å²) in [5.41, 5.74) is 0.935. The van der Waals surface area contributed by atoms with Gasteiger partial charge in [-0.15, -0.1) is 0 Å². The molecule has 0 saturated heterocycles. The summed E-state index contributed by atoms with van der Waals surface area (Å²) in [5.74, 6) is -0.855. The zero-order valence-electron chi connectivity index (χ0n) is 12.8. The third kappa shape index (κ3) is 2.85. The first-order valence-electron chi connectivity index (χ1n) is 7.44. The number of fused-ring (bicyclic) bond motifs is 1. The fourth-order valence-corrected chi connectivity index (χ4v) is 3.16. The van der Waals surface area contributed by atoms with Gasteiger partial charge in [0, 0.05) is 22.8 Å². The smallest absolute Gasteiger partial charge is 0.283 e. The maximum atomic E-state index is 13.4. The molecule has 3 rings (SSSR count). The van der Waals surface area contributed by atoms with E-state index in [2.05, 4.69) is 0 Å². The highest BCUT2D eigenvalue weighted by atomic mass is 35.5. The summed E-state index contributed by atoms with van der Waals surface area (Å²) < 4.78 is 13.4. The van der Waals surface area contributed by atoms with E-state index in [1.54, 1.807) is 6.07 Å². The van der Waals surface area contributed by atoms with Crippen molar-refractivity contribution >= 4 is 28.9 Å². The molecule has 0 bridgehead atoms. The number of halogens is 2. The van der Waals surface area contributed by atoms with Crippen molar-refractivity contribution in [3.8, 4) is 0 Å². The number of carbonyl (C=O) groups is 1. The quantitative estimate of drug-likeness (QED) is 0.598. The molecule has 5 nitrogen and oxygen atoms in total. The van der Waals surface area contributed by atoms with Crippen LogP contribution >= 0.6 is 11.6 Å². The van der Waals surface area contributed by atoms with Crippen LogP contribution < -0.4 is 4.90 Å². The number of nitro groups is 1. The summed E-state index contributed by atoms with van der Waals surface area (Å²) in [4.78, 5) is 25.1. The molecule has 1 aliphatic rings. The molecule has 124 valence electrons. The topological polar surface area (TPSA) is 63.5 Å². The van der Waals surface area contributed by atoms with Crippen LogP contribution in [0.4, 0.5) is 15.8 Å². The molecule has 0 aromatic heterocycles. The molecule has 2 aromatic carbocycles. The van der Waals surface area contributed by atoms with Crippen molar-refractivity contribution in [2.45, 2.75) is 25.8 Å². The van der Waals surface area contributed by atoms with Crippen LogP contribution in [-0.2, 0) is 6.42 Å². The third-order valence-corrected chi connectivity index (χ3v) is 4.41. The second-order valence-corrected chi connectivity index (χ2v) is 6.19. The summed E-state index contributed by atoms with van der Waals surface area (Å²) in [7, 11) is 0. The van der Waals surface area contributed by atoms with E-state index in [-0.39, 0.29) is 28.1 Å². The van der Waals surface area contributed by atoms with Crippen LogP contribution in [0.3, 0.4) is 0 Å². The normalized spacial score (nSPS) is 16.6. The number of hydrogen-bond donors (Lipinski definition) is 0. The zero-order valence-corrected chi connectivity index (χ0v) is 13.6. The lowest BCUT2D eigenvalue weighted by atomic mass is 9.95. The first-order chi connectivity index (χ1) is 11.4. The van der Waals surface area contributed by atoms with Crippen molar-refractivity contribution in [3.05, 3.63) is 68.5 Å². The van der Waals surface area contributed by atoms with Gasteiger partial charge in [0.15, 0.2) is 0 Å². The van der Waals surface area contributed by atoms with Gasteiger partial charge in [0.05, 0.1) is 4.92 Å². The Balaban J connectivity index is 2.10. The van der Waals surface area contributed by atoms with Crippen molar-refractivity contribution < 1.29 is 14.1 Å². The molecule has 0 saturated carbocycles. The highest BCUT2D eigenvalue weighted by molar-refractivity contribution is 6.31. The Morgan fingerprint density at radius 3 is 2.79 bits per heavy atom. The lowest BCUT2D eigenvalue weighted by molar-refractivity contribution is -0.385. The van der Waals surface area contributed by atoms with Crippen molar-refractivity contribution in [3.63, 3.8) is 0 Å². The van der Waals surface area contributed by atoms with E-state index in [1.807, 2.05) is 6.92 Å². The second kappa shape index (κ2) is 6.20. The van der Waals surface area contributed by atoms with Crippen molar-refractivity contribution in [2.24, 2.45) is 0 Å². The average Bonchev–Trinajstić information content (AvgIpc) is 2.54. The Bertz CT molecular complexity index is 841. The molecule has 24 heavy (non-hydrogen) atoms. The lowest BCUT2D eigenvalue weighted by Crippen LogP contribution is -2.42. The number of benzene rings is 2. The predicted molar refractivity (Wildman–Crippen MR) is 89.1 cm³/mol. The first kappa shape index (κ1) is 16.4. The molecule has 1 heterocycles. The van der Waals surface area contributed by atoms with Gasteiger partial charge in [-0.25, -0.2) is 4.39 Å². The van der Waals surface area contributed by atoms with Crippen LogP contribution in [0.1, 0.15) is 29.3 Å². The molecule has 2 aromatic rings. The van der Waals surface area contributed by atoms with Gasteiger partial charge in [-0.1, -0.05) is 11.6 Å². The van der Waals surface area contributed by atoms with Crippen LogP contribution in [0.25, 0.3) is 0 Å².